The molecule has 0 heterocycles. The van der Waals surface area contributed by atoms with Gasteiger partial charge in [0.2, 0.25) is 5.82 Å². The highest BCUT2D eigenvalue weighted by Gasteiger charge is 2.19. The lowest BCUT2D eigenvalue weighted by atomic mass is 10.1. The standard InChI is InChI=1S/C14H12F2N2O3/c1-8-4-10(3-2-9(8)7-17)21-14-6-11(15)13(18(19)20)5-12(14)16/h2-6H,7,17H2,1H3. The minimum absolute atomic E-state index is 0.289. The van der Waals surface area contributed by atoms with Crippen molar-refractivity contribution in [2.75, 3.05) is 0 Å². The molecule has 0 amide bonds. The quantitative estimate of drug-likeness (QED) is 0.692. The zero-order valence-corrected chi connectivity index (χ0v) is 11.1. The molecule has 2 aromatic carbocycles. The van der Waals surface area contributed by atoms with Gasteiger partial charge in [0.1, 0.15) is 5.75 Å². The molecular formula is C14H12F2N2O3. The van der Waals surface area contributed by atoms with E-state index in [9.17, 15) is 18.9 Å². The monoisotopic (exact) mass is 294 g/mol. The van der Waals surface area contributed by atoms with Crippen LogP contribution in [-0.4, -0.2) is 4.92 Å². The number of hydrogen-bond donors (Lipinski definition) is 1. The summed E-state index contributed by atoms with van der Waals surface area (Å²) < 4.78 is 32.4. The summed E-state index contributed by atoms with van der Waals surface area (Å²) >= 11 is 0. The number of aryl methyl sites for hydroxylation is 1. The van der Waals surface area contributed by atoms with E-state index in [1.807, 2.05) is 6.92 Å². The Kier molecular flexibility index (Phi) is 4.13. The van der Waals surface area contributed by atoms with Gasteiger partial charge >= 0.3 is 5.69 Å². The highest BCUT2D eigenvalue weighted by molar-refractivity contribution is 5.43. The zero-order valence-electron chi connectivity index (χ0n) is 11.1. The van der Waals surface area contributed by atoms with E-state index >= 15 is 0 Å². The van der Waals surface area contributed by atoms with Crippen molar-refractivity contribution in [2.24, 2.45) is 5.73 Å². The predicted molar refractivity (Wildman–Crippen MR) is 72.2 cm³/mol. The third-order valence-electron chi connectivity index (χ3n) is 2.96. The van der Waals surface area contributed by atoms with Crippen molar-refractivity contribution >= 4 is 5.69 Å². The highest BCUT2D eigenvalue weighted by atomic mass is 19.1. The van der Waals surface area contributed by atoms with E-state index in [0.717, 1.165) is 11.1 Å². The Labute approximate surface area is 119 Å². The van der Waals surface area contributed by atoms with Crippen LogP contribution in [0.5, 0.6) is 11.5 Å². The molecule has 0 aliphatic carbocycles. The Morgan fingerprint density at radius 3 is 2.52 bits per heavy atom. The molecule has 21 heavy (non-hydrogen) atoms. The largest absolute Gasteiger partial charge is 0.454 e. The van der Waals surface area contributed by atoms with Crippen molar-refractivity contribution in [3.05, 3.63) is 63.2 Å². The number of nitrogens with zero attached hydrogens (tertiary/aromatic N) is 1. The number of ether oxygens (including phenoxy) is 1. The number of halogens is 2. The van der Waals surface area contributed by atoms with Crippen molar-refractivity contribution in [1.82, 2.24) is 0 Å². The number of benzene rings is 2. The van der Waals surface area contributed by atoms with Crippen molar-refractivity contribution in [1.29, 1.82) is 0 Å². The summed E-state index contributed by atoms with van der Waals surface area (Å²) in [7, 11) is 0. The molecule has 0 spiro atoms. The summed E-state index contributed by atoms with van der Waals surface area (Å²) in [6.45, 7) is 2.16. The fourth-order valence-corrected chi connectivity index (χ4v) is 1.82. The van der Waals surface area contributed by atoms with Crippen LogP contribution < -0.4 is 10.5 Å². The normalized spacial score (nSPS) is 10.5. The second kappa shape index (κ2) is 5.84. The van der Waals surface area contributed by atoms with Crippen LogP contribution in [0.25, 0.3) is 0 Å². The van der Waals surface area contributed by atoms with Crippen LogP contribution in [0, 0.1) is 28.7 Å². The maximum Gasteiger partial charge on any atom is 0.307 e. The van der Waals surface area contributed by atoms with E-state index in [0.29, 0.717) is 18.7 Å². The maximum atomic E-state index is 13.7. The van der Waals surface area contributed by atoms with Crippen molar-refractivity contribution in [3.8, 4) is 11.5 Å². The molecule has 0 unspecified atom stereocenters. The SMILES string of the molecule is Cc1cc(Oc2cc(F)c([N+](=O)[O-])cc2F)ccc1CN. The van der Waals surface area contributed by atoms with Gasteiger partial charge in [0.05, 0.1) is 11.0 Å². The molecule has 0 saturated carbocycles. The van der Waals surface area contributed by atoms with E-state index in [4.69, 9.17) is 10.5 Å². The fraction of sp³-hybridized carbons (Fsp3) is 0.143. The lowest BCUT2D eigenvalue weighted by Gasteiger charge is -2.09. The van der Waals surface area contributed by atoms with Gasteiger partial charge in [-0.05, 0) is 30.2 Å². The van der Waals surface area contributed by atoms with Gasteiger partial charge < -0.3 is 10.5 Å². The van der Waals surface area contributed by atoms with Gasteiger partial charge in [0.25, 0.3) is 0 Å². The molecule has 2 N–H and O–H groups in total. The average molecular weight is 294 g/mol. The minimum atomic E-state index is -1.16. The third kappa shape index (κ3) is 3.14. The summed E-state index contributed by atoms with van der Waals surface area (Å²) in [5, 5.41) is 10.5. The molecule has 0 atom stereocenters. The Hall–Kier alpha value is -2.54. The summed E-state index contributed by atoms with van der Waals surface area (Å²) in [4.78, 5) is 9.51. The molecule has 0 aromatic heterocycles. The minimum Gasteiger partial charge on any atom is -0.454 e. The number of nitro groups is 1. The zero-order chi connectivity index (χ0) is 15.6. The van der Waals surface area contributed by atoms with Gasteiger partial charge in [-0.3, -0.25) is 10.1 Å². The smallest absolute Gasteiger partial charge is 0.307 e. The van der Waals surface area contributed by atoms with Gasteiger partial charge in [0, 0.05) is 12.6 Å². The molecule has 0 fully saturated rings. The Morgan fingerprint density at radius 2 is 1.95 bits per heavy atom. The van der Waals surface area contributed by atoms with Gasteiger partial charge in [-0.1, -0.05) is 6.07 Å². The van der Waals surface area contributed by atoms with Crippen LogP contribution in [-0.2, 0) is 6.54 Å². The van der Waals surface area contributed by atoms with Crippen LogP contribution in [0.4, 0.5) is 14.5 Å². The van der Waals surface area contributed by atoms with E-state index in [1.54, 1.807) is 18.2 Å². The average Bonchev–Trinajstić information content (AvgIpc) is 2.42. The third-order valence-corrected chi connectivity index (χ3v) is 2.96. The Bertz CT molecular complexity index is 705. The van der Waals surface area contributed by atoms with E-state index < -0.39 is 28.0 Å². The second-order valence-electron chi connectivity index (χ2n) is 4.39. The van der Waals surface area contributed by atoms with Crippen molar-refractivity contribution < 1.29 is 18.4 Å². The van der Waals surface area contributed by atoms with E-state index in [1.165, 1.54) is 0 Å². The molecule has 110 valence electrons. The molecule has 0 aliphatic rings. The molecule has 7 heteroatoms. The van der Waals surface area contributed by atoms with E-state index in [2.05, 4.69) is 0 Å². The van der Waals surface area contributed by atoms with Gasteiger partial charge in [-0.25, -0.2) is 4.39 Å². The lowest BCUT2D eigenvalue weighted by molar-refractivity contribution is -0.387. The number of hydrogen-bond acceptors (Lipinski definition) is 4. The van der Waals surface area contributed by atoms with Crippen LogP contribution in [0.3, 0.4) is 0 Å². The molecule has 0 radical (unpaired) electrons. The fourth-order valence-electron chi connectivity index (χ4n) is 1.82. The summed E-state index contributed by atoms with van der Waals surface area (Å²) in [5.41, 5.74) is 6.34. The summed E-state index contributed by atoms with van der Waals surface area (Å²) in [5.74, 6) is -2.30. The molecule has 5 nitrogen and oxygen atoms in total. The maximum absolute atomic E-state index is 13.7. The van der Waals surface area contributed by atoms with Crippen molar-refractivity contribution in [3.63, 3.8) is 0 Å². The first-order valence-electron chi connectivity index (χ1n) is 6.03. The topological polar surface area (TPSA) is 78.4 Å². The van der Waals surface area contributed by atoms with Crippen LogP contribution in [0.2, 0.25) is 0 Å². The Balaban J connectivity index is 2.34. The predicted octanol–water partition coefficient (Wildman–Crippen LogP) is 3.43. The van der Waals surface area contributed by atoms with Crippen LogP contribution >= 0.6 is 0 Å². The number of rotatable bonds is 4. The van der Waals surface area contributed by atoms with Crippen LogP contribution in [0.15, 0.2) is 30.3 Å². The molecule has 2 rings (SSSR count). The lowest BCUT2D eigenvalue weighted by Crippen LogP contribution is -2.00. The molecule has 0 bridgehead atoms. The molecule has 2 aromatic rings. The van der Waals surface area contributed by atoms with Crippen molar-refractivity contribution in [2.45, 2.75) is 13.5 Å². The molecular weight excluding hydrogens is 282 g/mol. The van der Waals surface area contributed by atoms with Crippen LogP contribution in [0.1, 0.15) is 11.1 Å². The van der Waals surface area contributed by atoms with E-state index in [-0.39, 0.29) is 5.75 Å². The second-order valence-corrected chi connectivity index (χ2v) is 4.39. The van der Waals surface area contributed by atoms with Gasteiger partial charge in [-0.2, -0.15) is 4.39 Å². The summed E-state index contributed by atoms with van der Waals surface area (Å²) in [6.07, 6.45) is 0. The highest BCUT2D eigenvalue weighted by Crippen LogP contribution is 2.30. The van der Waals surface area contributed by atoms with Gasteiger partial charge in [0.15, 0.2) is 11.6 Å². The number of nitro benzene ring substituents is 1. The Morgan fingerprint density at radius 1 is 1.24 bits per heavy atom. The first-order valence-corrected chi connectivity index (χ1v) is 6.03. The summed E-state index contributed by atoms with van der Waals surface area (Å²) in [6, 6.07) is 6.05. The number of nitrogens with two attached hydrogens (primary N) is 1. The first-order chi connectivity index (χ1) is 9.92. The molecule has 0 saturated heterocycles. The van der Waals surface area contributed by atoms with Gasteiger partial charge in [-0.15, -0.1) is 0 Å². The first kappa shape index (κ1) is 14.9. The molecule has 0 aliphatic heterocycles.